The molecule has 0 bridgehead atoms. The van der Waals surface area contributed by atoms with Crippen molar-refractivity contribution >= 4 is 11.9 Å². The van der Waals surface area contributed by atoms with Gasteiger partial charge in [0.1, 0.15) is 11.4 Å². The van der Waals surface area contributed by atoms with Crippen molar-refractivity contribution in [2.45, 2.75) is 52.2 Å². The van der Waals surface area contributed by atoms with E-state index in [1.165, 1.54) is 5.56 Å². The normalized spacial score (nSPS) is 21.0. The third-order valence-electron chi connectivity index (χ3n) is 5.39. The van der Waals surface area contributed by atoms with Gasteiger partial charge in [-0.05, 0) is 39.2 Å². The lowest BCUT2D eigenvalue weighted by Gasteiger charge is -2.46. The van der Waals surface area contributed by atoms with Crippen LogP contribution in [-0.2, 0) is 16.1 Å². The summed E-state index contributed by atoms with van der Waals surface area (Å²) in [7, 11) is 0. The van der Waals surface area contributed by atoms with E-state index in [0.717, 1.165) is 32.5 Å². The molecule has 0 radical (unpaired) electrons. The number of likely N-dealkylation sites (tertiary alicyclic amines) is 2. The van der Waals surface area contributed by atoms with Crippen molar-refractivity contribution in [1.29, 1.82) is 0 Å². The second-order valence-corrected chi connectivity index (χ2v) is 8.62. The van der Waals surface area contributed by atoms with Gasteiger partial charge in [-0.25, -0.2) is 4.79 Å². The van der Waals surface area contributed by atoms with Crippen molar-refractivity contribution in [2.24, 2.45) is 5.41 Å². The topological polar surface area (TPSA) is 49.9 Å². The Hall–Kier alpha value is -1.88. The quantitative estimate of drug-likeness (QED) is 0.812. The lowest BCUT2D eigenvalue weighted by molar-refractivity contribution is -0.137. The highest BCUT2D eigenvalue weighted by molar-refractivity contribution is 5.86. The van der Waals surface area contributed by atoms with Crippen LogP contribution in [0.25, 0.3) is 0 Å². The molecular weight excluding hydrogens is 328 g/mol. The van der Waals surface area contributed by atoms with E-state index in [2.05, 4.69) is 29.2 Å². The zero-order valence-electron chi connectivity index (χ0n) is 16.2. The Morgan fingerprint density at radius 3 is 2.38 bits per heavy atom. The fraction of sp³-hybridized carbons (Fsp3) is 0.619. The number of piperidine rings is 2. The first-order valence-corrected chi connectivity index (χ1v) is 9.55. The molecular formula is C21H30N2O3. The molecule has 1 aromatic carbocycles. The summed E-state index contributed by atoms with van der Waals surface area (Å²) in [4.78, 5) is 29.1. The highest BCUT2D eigenvalue weighted by Gasteiger charge is 2.45. The molecule has 0 saturated carbocycles. The van der Waals surface area contributed by atoms with E-state index >= 15 is 0 Å². The average molecular weight is 358 g/mol. The van der Waals surface area contributed by atoms with Crippen LogP contribution in [0.15, 0.2) is 30.3 Å². The van der Waals surface area contributed by atoms with Crippen LogP contribution in [0.5, 0.6) is 0 Å². The predicted molar refractivity (Wildman–Crippen MR) is 101 cm³/mol. The minimum Gasteiger partial charge on any atom is -0.444 e. The van der Waals surface area contributed by atoms with Gasteiger partial charge in [0.2, 0.25) is 0 Å². The Kier molecular flexibility index (Phi) is 5.37. The van der Waals surface area contributed by atoms with Crippen molar-refractivity contribution in [1.82, 2.24) is 9.80 Å². The number of ether oxygens (including phenoxy) is 1. The van der Waals surface area contributed by atoms with Gasteiger partial charge in [0.25, 0.3) is 0 Å². The number of hydrogen-bond acceptors (Lipinski definition) is 4. The third kappa shape index (κ3) is 4.44. The number of amides is 1. The van der Waals surface area contributed by atoms with Crippen molar-refractivity contribution in [3.05, 3.63) is 35.9 Å². The van der Waals surface area contributed by atoms with E-state index in [0.29, 0.717) is 25.3 Å². The first-order chi connectivity index (χ1) is 12.3. The molecule has 2 aliphatic rings. The Bertz CT molecular complexity index is 643. The molecule has 2 aliphatic heterocycles. The number of Topliss-reactive ketones (excluding diaryl/α,β-unsaturated/α-hetero) is 1. The highest BCUT2D eigenvalue weighted by Crippen LogP contribution is 2.38. The van der Waals surface area contributed by atoms with Crippen LogP contribution >= 0.6 is 0 Å². The van der Waals surface area contributed by atoms with E-state index < -0.39 is 5.60 Å². The standard InChI is InChI=1S/C21H30N2O3/c1-20(2,3)26-19(25)23-13-10-21(11-14-23)16-22(12-9-18(21)24)15-17-7-5-4-6-8-17/h4-8H,9-16H2,1-3H3. The van der Waals surface area contributed by atoms with Crippen molar-refractivity contribution in [2.75, 3.05) is 26.2 Å². The molecule has 142 valence electrons. The van der Waals surface area contributed by atoms with Crippen LogP contribution < -0.4 is 0 Å². The third-order valence-corrected chi connectivity index (χ3v) is 5.39. The van der Waals surface area contributed by atoms with Crippen molar-refractivity contribution in [3.63, 3.8) is 0 Å². The summed E-state index contributed by atoms with van der Waals surface area (Å²) in [5, 5.41) is 0. The van der Waals surface area contributed by atoms with Crippen LogP contribution in [0, 0.1) is 5.41 Å². The molecule has 2 heterocycles. The maximum Gasteiger partial charge on any atom is 0.410 e. The van der Waals surface area contributed by atoms with Gasteiger partial charge in [-0.15, -0.1) is 0 Å². The van der Waals surface area contributed by atoms with Gasteiger partial charge in [0, 0.05) is 44.6 Å². The van der Waals surface area contributed by atoms with Crippen molar-refractivity contribution in [3.8, 4) is 0 Å². The highest BCUT2D eigenvalue weighted by atomic mass is 16.6. The Labute approximate surface area is 156 Å². The Balaban J connectivity index is 1.60. The molecule has 0 N–H and O–H groups in total. The summed E-state index contributed by atoms with van der Waals surface area (Å²) in [5.41, 5.74) is 0.494. The van der Waals surface area contributed by atoms with Gasteiger partial charge in [0.05, 0.1) is 0 Å². The van der Waals surface area contributed by atoms with Crippen LogP contribution in [0.3, 0.4) is 0 Å². The molecule has 26 heavy (non-hydrogen) atoms. The number of hydrogen-bond donors (Lipinski definition) is 0. The average Bonchev–Trinajstić information content (AvgIpc) is 2.58. The summed E-state index contributed by atoms with van der Waals surface area (Å²) in [6.07, 6.45) is 1.81. The number of carbonyl (C=O) groups is 2. The lowest BCUT2D eigenvalue weighted by atomic mass is 9.71. The largest absolute Gasteiger partial charge is 0.444 e. The second-order valence-electron chi connectivity index (χ2n) is 8.62. The maximum absolute atomic E-state index is 12.7. The number of ketones is 1. The molecule has 5 nitrogen and oxygen atoms in total. The van der Waals surface area contributed by atoms with Gasteiger partial charge < -0.3 is 9.64 Å². The van der Waals surface area contributed by atoms with E-state index in [1.807, 2.05) is 26.8 Å². The second kappa shape index (κ2) is 7.39. The zero-order chi connectivity index (χ0) is 18.8. The molecule has 0 aliphatic carbocycles. The number of nitrogens with zero attached hydrogens (tertiary/aromatic N) is 2. The minimum absolute atomic E-state index is 0.267. The summed E-state index contributed by atoms with van der Waals surface area (Å²) in [5.74, 6) is 0.366. The van der Waals surface area contributed by atoms with E-state index in [4.69, 9.17) is 4.74 Å². The number of benzene rings is 1. The molecule has 3 rings (SSSR count). The first-order valence-electron chi connectivity index (χ1n) is 9.55. The zero-order valence-corrected chi connectivity index (χ0v) is 16.2. The van der Waals surface area contributed by atoms with E-state index in [9.17, 15) is 9.59 Å². The summed E-state index contributed by atoms with van der Waals surface area (Å²) in [6, 6.07) is 10.4. The van der Waals surface area contributed by atoms with E-state index in [1.54, 1.807) is 4.90 Å². The maximum atomic E-state index is 12.7. The van der Waals surface area contributed by atoms with Crippen LogP contribution in [0.4, 0.5) is 4.79 Å². The molecule has 0 unspecified atom stereocenters. The lowest BCUT2D eigenvalue weighted by Crippen LogP contribution is -2.55. The molecule has 1 spiro atoms. The Morgan fingerprint density at radius 2 is 1.77 bits per heavy atom. The van der Waals surface area contributed by atoms with Gasteiger partial charge >= 0.3 is 6.09 Å². The van der Waals surface area contributed by atoms with Gasteiger partial charge in [-0.2, -0.15) is 0 Å². The van der Waals surface area contributed by atoms with Gasteiger partial charge in [0.15, 0.2) is 0 Å². The number of rotatable bonds is 2. The molecule has 1 aromatic rings. The summed E-state index contributed by atoms with van der Waals surface area (Å²) in [6.45, 7) is 9.33. The molecule has 2 saturated heterocycles. The fourth-order valence-electron chi connectivity index (χ4n) is 3.98. The van der Waals surface area contributed by atoms with Crippen LogP contribution in [0.2, 0.25) is 0 Å². The summed E-state index contributed by atoms with van der Waals surface area (Å²) >= 11 is 0. The molecule has 0 atom stereocenters. The van der Waals surface area contributed by atoms with Crippen LogP contribution in [0.1, 0.15) is 45.6 Å². The number of carbonyl (C=O) groups excluding carboxylic acids is 2. The fourth-order valence-corrected chi connectivity index (χ4v) is 3.98. The molecule has 0 aromatic heterocycles. The first kappa shape index (κ1) is 18.9. The smallest absolute Gasteiger partial charge is 0.410 e. The minimum atomic E-state index is -0.487. The van der Waals surface area contributed by atoms with Crippen molar-refractivity contribution < 1.29 is 14.3 Å². The van der Waals surface area contributed by atoms with E-state index in [-0.39, 0.29) is 11.5 Å². The molecule has 5 heteroatoms. The van der Waals surface area contributed by atoms with Crippen LogP contribution in [-0.4, -0.2) is 53.5 Å². The van der Waals surface area contributed by atoms with Gasteiger partial charge in [-0.3, -0.25) is 9.69 Å². The summed E-state index contributed by atoms with van der Waals surface area (Å²) < 4.78 is 5.47. The molecule has 1 amide bonds. The predicted octanol–water partition coefficient (Wildman–Crippen LogP) is 3.48. The molecule has 2 fully saturated rings. The monoisotopic (exact) mass is 358 g/mol. The van der Waals surface area contributed by atoms with Gasteiger partial charge in [-0.1, -0.05) is 30.3 Å². The Morgan fingerprint density at radius 1 is 1.12 bits per heavy atom. The SMILES string of the molecule is CC(C)(C)OC(=O)N1CCC2(CC1)CN(Cc1ccccc1)CCC2=O.